The fourth-order valence-electron chi connectivity index (χ4n) is 4.81. The molecule has 4 rings (SSSR count). The number of benzene rings is 2. The number of carbonyl (C=O) groups excluding carboxylic acids is 2. The Balaban J connectivity index is 1.38. The first-order chi connectivity index (χ1) is 17.5. The Labute approximate surface area is 211 Å². The Kier molecular flexibility index (Phi) is 8.43. The summed E-state index contributed by atoms with van der Waals surface area (Å²) in [5.41, 5.74) is 1.35. The van der Waals surface area contributed by atoms with Crippen LogP contribution in [0.15, 0.2) is 42.5 Å². The van der Waals surface area contributed by atoms with Crippen LogP contribution in [0.2, 0.25) is 0 Å². The third kappa shape index (κ3) is 6.15. The minimum Gasteiger partial charge on any atom is -0.496 e. The van der Waals surface area contributed by atoms with Gasteiger partial charge in [0.2, 0.25) is 5.91 Å². The number of aromatic carboxylic acids is 1. The lowest BCUT2D eigenvalue weighted by molar-refractivity contribution is -0.132. The molecule has 2 amide bonds. The summed E-state index contributed by atoms with van der Waals surface area (Å²) in [7, 11) is 1.48. The van der Waals surface area contributed by atoms with E-state index in [4.69, 9.17) is 4.74 Å². The van der Waals surface area contributed by atoms with Gasteiger partial charge in [0.1, 0.15) is 5.75 Å². The number of carboxylic acid groups (broad SMARTS) is 1. The van der Waals surface area contributed by atoms with Crippen LogP contribution < -0.4 is 15.0 Å². The van der Waals surface area contributed by atoms with Gasteiger partial charge >= 0.3 is 5.97 Å². The van der Waals surface area contributed by atoms with Crippen molar-refractivity contribution >= 4 is 29.2 Å². The molecule has 9 heteroatoms. The molecule has 0 atom stereocenters. The van der Waals surface area contributed by atoms with Crippen LogP contribution in [0.1, 0.15) is 46.4 Å². The molecule has 0 radical (unpaired) electrons. The van der Waals surface area contributed by atoms with Crippen LogP contribution in [0.25, 0.3) is 0 Å². The number of anilines is 2. The maximum Gasteiger partial charge on any atom is 0.337 e. The van der Waals surface area contributed by atoms with Crippen molar-refractivity contribution in [2.24, 2.45) is 0 Å². The molecule has 2 aliphatic rings. The zero-order valence-corrected chi connectivity index (χ0v) is 20.7. The van der Waals surface area contributed by atoms with E-state index in [2.05, 4.69) is 15.1 Å². The summed E-state index contributed by atoms with van der Waals surface area (Å²) in [6.07, 6.45) is 4.56. The summed E-state index contributed by atoms with van der Waals surface area (Å²) in [5.74, 6) is -0.941. The molecular formula is C27H34N4O5. The van der Waals surface area contributed by atoms with Gasteiger partial charge in [0.25, 0.3) is 5.91 Å². The molecular weight excluding hydrogens is 460 g/mol. The SMILES string of the molecule is COc1ccccc1C(=O)Nc1ccc(N2CCN(CC(=O)N3CCCCCC3)CC2)cc1C(=O)O. The van der Waals surface area contributed by atoms with E-state index in [9.17, 15) is 19.5 Å². The lowest BCUT2D eigenvalue weighted by Gasteiger charge is -2.36. The molecule has 0 spiro atoms. The number of nitrogens with zero attached hydrogens (tertiary/aromatic N) is 3. The second-order valence-corrected chi connectivity index (χ2v) is 9.25. The van der Waals surface area contributed by atoms with Crippen molar-refractivity contribution in [2.75, 3.05) is 63.1 Å². The molecule has 2 aromatic carbocycles. The molecule has 2 aliphatic heterocycles. The second kappa shape index (κ2) is 11.9. The monoisotopic (exact) mass is 494 g/mol. The van der Waals surface area contributed by atoms with Gasteiger partial charge in [0.15, 0.2) is 0 Å². The highest BCUT2D eigenvalue weighted by molar-refractivity contribution is 6.09. The Morgan fingerprint density at radius 2 is 1.58 bits per heavy atom. The number of nitrogens with one attached hydrogen (secondary N) is 1. The van der Waals surface area contributed by atoms with E-state index in [1.165, 1.54) is 20.0 Å². The number of rotatable bonds is 7. The van der Waals surface area contributed by atoms with Gasteiger partial charge in [-0.05, 0) is 43.2 Å². The average Bonchev–Trinajstić information content (AvgIpc) is 3.19. The average molecular weight is 495 g/mol. The van der Waals surface area contributed by atoms with Gasteiger partial charge < -0.3 is 25.0 Å². The minimum absolute atomic E-state index is 0.0227. The van der Waals surface area contributed by atoms with Gasteiger partial charge in [0, 0.05) is 45.0 Å². The van der Waals surface area contributed by atoms with Crippen molar-refractivity contribution in [3.63, 3.8) is 0 Å². The summed E-state index contributed by atoms with van der Waals surface area (Å²) < 4.78 is 5.24. The van der Waals surface area contributed by atoms with Gasteiger partial charge in [0.05, 0.1) is 30.5 Å². The Hall–Kier alpha value is -3.59. The standard InChI is InChI=1S/C27H34N4O5/c1-36-24-9-5-4-8-21(24)26(33)28-23-11-10-20(18-22(23)27(34)35)30-16-14-29(15-17-30)19-25(32)31-12-6-2-3-7-13-31/h4-5,8-11,18H,2-3,6-7,12-17,19H2,1H3,(H,28,33)(H,34,35). The molecule has 2 heterocycles. The predicted molar refractivity (Wildman–Crippen MR) is 138 cm³/mol. The van der Waals surface area contributed by atoms with Crippen molar-refractivity contribution in [1.29, 1.82) is 0 Å². The molecule has 2 N–H and O–H groups in total. The highest BCUT2D eigenvalue weighted by Gasteiger charge is 2.24. The van der Waals surface area contributed by atoms with Crippen LogP contribution in [-0.4, -0.2) is 85.6 Å². The molecule has 2 saturated heterocycles. The molecule has 192 valence electrons. The molecule has 0 aromatic heterocycles. The first-order valence-electron chi connectivity index (χ1n) is 12.5. The maximum absolute atomic E-state index is 12.8. The summed E-state index contributed by atoms with van der Waals surface area (Å²) >= 11 is 0. The van der Waals surface area contributed by atoms with Crippen molar-refractivity contribution in [3.05, 3.63) is 53.6 Å². The molecule has 0 saturated carbocycles. The number of hydrogen-bond acceptors (Lipinski definition) is 6. The number of ether oxygens (including phenoxy) is 1. The molecule has 9 nitrogen and oxygen atoms in total. The van der Waals surface area contributed by atoms with Crippen LogP contribution in [0, 0.1) is 0 Å². The van der Waals surface area contributed by atoms with Crippen molar-refractivity contribution in [3.8, 4) is 5.75 Å². The van der Waals surface area contributed by atoms with E-state index < -0.39 is 11.9 Å². The number of methoxy groups -OCH3 is 1. The van der Waals surface area contributed by atoms with E-state index >= 15 is 0 Å². The fraction of sp³-hybridized carbons (Fsp3) is 0.444. The highest BCUT2D eigenvalue weighted by Crippen LogP contribution is 2.26. The van der Waals surface area contributed by atoms with Crippen molar-refractivity contribution in [2.45, 2.75) is 25.7 Å². The van der Waals surface area contributed by atoms with Crippen LogP contribution in [0.5, 0.6) is 5.75 Å². The summed E-state index contributed by atoms with van der Waals surface area (Å²) in [5, 5.41) is 12.5. The number of carboxylic acids is 1. The minimum atomic E-state index is -1.12. The van der Waals surface area contributed by atoms with Crippen LogP contribution in [0.3, 0.4) is 0 Å². The quantitative estimate of drug-likeness (QED) is 0.610. The number of hydrogen-bond donors (Lipinski definition) is 2. The van der Waals surface area contributed by atoms with Crippen LogP contribution in [-0.2, 0) is 4.79 Å². The first-order valence-corrected chi connectivity index (χ1v) is 12.5. The van der Waals surface area contributed by atoms with Crippen molar-refractivity contribution < 1.29 is 24.2 Å². The molecule has 2 fully saturated rings. The molecule has 2 aromatic rings. The van der Waals surface area contributed by atoms with E-state index in [0.717, 1.165) is 44.7 Å². The van der Waals surface area contributed by atoms with Gasteiger partial charge in [-0.25, -0.2) is 4.79 Å². The van der Waals surface area contributed by atoms with Crippen LogP contribution in [0.4, 0.5) is 11.4 Å². The Morgan fingerprint density at radius 3 is 2.25 bits per heavy atom. The van der Waals surface area contributed by atoms with E-state index in [1.54, 1.807) is 36.4 Å². The first kappa shape index (κ1) is 25.5. The molecule has 0 unspecified atom stereocenters. The van der Waals surface area contributed by atoms with Gasteiger partial charge in [-0.3, -0.25) is 14.5 Å². The predicted octanol–water partition coefficient (Wildman–Crippen LogP) is 3.17. The third-order valence-electron chi connectivity index (χ3n) is 6.89. The lowest BCUT2D eigenvalue weighted by Crippen LogP contribution is -2.50. The summed E-state index contributed by atoms with van der Waals surface area (Å²) in [4.78, 5) is 43.8. The smallest absolute Gasteiger partial charge is 0.337 e. The third-order valence-corrected chi connectivity index (χ3v) is 6.89. The summed E-state index contributed by atoms with van der Waals surface area (Å²) in [6, 6.07) is 11.8. The number of para-hydroxylation sites is 1. The molecule has 36 heavy (non-hydrogen) atoms. The number of amides is 2. The van der Waals surface area contributed by atoms with Gasteiger partial charge in [-0.2, -0.15) is 0 Å². The van der Waals surface area contributed by atoms with Crippen molar-refractivity contribution in [1.82, 2.24) is 9.80 Å². The van der Waals surface area contributed by atoms with E-state index in [-0.39, 0.29) is 17.2 Å². The largest absolute Gasteiger partial charge is 0.496 e. The topological polar surface area (TPSA) is 102 Å². The number of likely N-dealkylation sites (tertiary alicyclic amines) is 1. The lowest BCUT2D eigenvalue weighted by atomic mass is 10.1. The van der Waals surface area contributed by atoms with Crippen LogP contribution >= 0.6 is 0 Å². The maximum atomic E-state index is 12.8. The Bertz CT molecular complexity index is 1090. The highest BCUT2D eigenvalue weighted by atomic mass is 16.5. The number of piperazine rings is 1. The number of carbonyl (C=O) groups is 3. The fourth-order valence-corrected chi connectivity index (χ4v) is 4.81. The van der Waals surface area contributed by atoms with E-state index in [1.807, 2.05) is 11.0 Å². The molecule has 0 bridgehead atoms. The van der Waals surface area contributed by atoms with Gasteiger partial charge in [-0.15, -0.1) is 0 Å². The molecule has 0 aliphatic carbocycles. The second-order valence-electron chi connectivity index (χ2n) is 9.25. The van der Waals surface area contributed by atoms with E-state index in [0.29, 0.717) is 30.9 Å². The zero-order valence-electron chi connectivity index (χ0n) is 20.7. The zero-order chi connectivity index (χ0) is 25.5. The Morgan fingerprint density at radius 1 is 0.889 bits per heavy atom. The van der Waals surface area contributed by atoms with Gasteiger partial charge in [-0.1, -0.05) is 25.0 Å². The normalized spacial score (nSPS) is 16.8. The summed E-state index contributed by atoms with van der Waals surface area (Å²) in [6.45, 7) is 5.00.